The number of benzene rings is 1. The highest BCUT2D eigenvalue weighted by molar-refractivity contribution is 6.30. The largest absolute Gasteiger partial charge is 0.480 e. The molecular formula is C15H14ClF3N2O2. The van der Waals surface area contributed by atoms with Crippen LogP contribution in [0, 0.1) is 5.92 Å². The van der Waals surface area contributed by atoms with Gasteiger partial charge < -0.3 is 14.5 Å². The van der Waals surface area contributed by atoms with Crippen LogP contribution in [0.25, 0.3) is 0 Å². The van der Waals surface area contributed by atoms with Gasteiger partial charge in [-0.3, -0.25) is 0 Å². The lowest BCUT2D eigenvalue weighted by molar-refractivity contribution is -0.139. The summed E-state index contributed by atoms with van der Waals surface area (Å²) in [6, 6.07) is 3.45. The van der Waals surface area contributed by atoms with Gasteiger partial charge in [0.1, 0.15) is 12.0 Å². The van der Waals surface area contributed by atoms with E-state index >= 15 is 0 Å². The SMILES string of the molecule is FC(F)(F)c1cc(Cl)ccc1O[C@@H](c1ncco1)[C@H]1CCNC1. The Kier molecular flexibility index (Phi) is 4.50. The first kappa shape index (κ1) is 16.1. The van der Waals surface area contributed by atoms with Crippen LogP contribution >= 0.6 is 11.6 Å². The van der Waals surface area contributed by atoms with Crippen LogP contribution in [0.3, 0.4) is 0 Å². The lowest BCUT2D eigenvalue weighted by Gasteiger charge is -2.23. The van der Waals surface area contributed by atoms with E-state index in [-0.39, 0.29) is 22.6 Å². The molecule has 4 nitrogen and oxygen atoms in total. The van der Waals surface area contributed by atoms with Crippen LogP contribution in [0.1, 0.15) is 24.0 Å². The lowest BCUT2D eigenvalue weighted by Crippen LogP contribution is -2.23. The number of oxazole rings is 1. The molecule has 2 aromatic rings. The van der Waals surface area contributed by atoms with E-state index in [1.807, 2.05) is 0 Å². The molecule has 1 fully saturated rings. The maximum absolute atomic E-state index is 13.2. The van der Waals surface area contributed by atoms with E-state index in [0.717, 1.165) is 19.0 Å². The Bertz CT molecular complexity index is 655. The van der Waals surface area contributed by atoms with Gasteiger partial charge in [-0.1, -0.05) is 11.6 Å². The van der Waals surface area contributed by atoms with Gasteiger partial charge in [-0.2, -0.15) is 13.2 Å². The van der Waals surface area contributed by atoms with Crippen LogP contribution in [0.4, 0.5) is 13.2 Å². The van der Waals surface area contributed by atoms with E-state index < -0.39 is 17.8 Å². The number of nitrogens with zero attached hydrogens (tertiary/aromatic N) is 1. The van der Waals surface area contributed by atoms with Crippen LogP contribution in [0.15, 0.2) is 35.1 Å². The zero-order valence-corrected chi connectivity index (χ0v) is 12.7. The first-order valence-corrected chi connectivity index (χ1v) is 7.46. The van der Waals surface area contributed by atoms with E-state index in [1.165, 1.54) is 24.6 Å². The summed E-state index contributed by atoms with van der Waals surface area (Å²) in [7, 11) is 0. The first-order chi connectivity index (χ1) is 10.9. The fraction of sp³-hybridized carbons (Fsp3) is 0.400. The molecule has 1 aromatic carbocycles. The number of ether oxygens (including phenoxy) is 1. The second kappa shape index (κ2) is 6.41. The first-order valence-electron chi connectivity index (χ1n) is 7.08. The van der Waals surface area contributed by atoms with Crippen molar-refractivity contribution in [3.8, 4) is 5.75 Å². The van der Waals surface area contributed by atoms with Gasteiger partial charge in [0.2, 0.25) is 5.89 Å². The molecule has 0 radical (unpaired) electrons. The van der Waals surface area contributed by atoms with Gasteiger partial charge in [0.15, 0.2) is 6.10 Å². The molecule has 0 saturated carbocycles. The normalized spacial score (nSPS) is 19.7. The van der Waals surface area contributed by atoms with Gasteiger partial charge in [0.25, 0.3) is 0 Å². The maximum atomic E-state index is 13.2. The average molecular weight is 347 g/mol. The summed E-state index contributed by atoms with van der Waals surface area (Å²) in [6.45, 7) is 1.40. The van der Waals surface area contributed by atoms with E-state index in [4.69, 9.17) is 20.8 Å². The second-order valence-corrected chi connectivity index (χ2v) is 5.74. The van der Waals surface area contributed by atoms with Gasteiger partial charge in [0.05, 0.1) is 11.8 Å². The Morgan fingerprint density at radius 1 is 1.39 bits per heavy atom. The third-order valence-electron chi connectivity index (χ3n) is 3.72. The smallest absolute Gasteiger partial charge is 0.420 e. The summed E-state index contributed by atoms with van der Waals surface area (Å²) in [5.41, 5.74) is -0.910. The predicted octanol–water partition coefficient (Wildman–Crippen LogP) is 4.08. The molecule has 1 aromatic heterocycles. The van der Waals surface area contributed by atoms with Gasteiger partial charge >= 0.3 is 6.18 Å². The summed E-state index contributed by atoms with van der Waals surface area (Å²) in [6.07, 6.45) is -1.67. The van der Waals surface area contributed by atoms with Crippen LogP contribution in [-0.2, 0) is 6.18 Å². The summed E-state index contributed by atoms with van der Waals surface area (Å²) in [4.78, 5) is 4.04. The Balaban J connectivity index is 1.94. The fourth-order valence-corrected chi connectivity index (χ4v) is 2.79. The molecule has 0 spiro atoms. The van der Waals surface area contributed by atoms with Crippen molar-refractivity contribution in [3.05, 3.63) is 47.1 Å². The number of hydrogen-bond donors (Lipinski definition) is 1. The fourth-order valence-electron chi connectivity index (χ4n) is 2.62. The van der Waals surface area contributed by atoms with Crippen LogP contribution in [0.2, 0.25) is 5.02 Å². The summed E-state index contributed by atoms with van der Waals surface area (Å²) in [5.74, 6) is -0.0378. The molecule has 23 heavy (non-hydrogen) atoms. The molecule has 1 aliphatic rings. The second-order valence-electron chi connectivity index (χ2n) is 5.30. The van der Waals surface area contributed by atoms with Gasteiger partial charge in [-0.25, -0.2) is 4.98 Å². The number of halogens is 4. The van der Waals surface area contributed by atoms with E-state index in [1.54, 1.807) is 0 Å². The third-order valence-corrected chi connectivity index (χ3v) is 3.96. The van der Waals surface area contributed by atoms with Crippen molar-refractivity contribution in [2.24, 2.45) is 5.92 Å². The van der Waals surface area contributed by atoms with Crippen LogP contribution in [0.5, 0.6) is 5.75 Å². The molecule has 1 N–H and O–H groups in total. The quantitative estimate of drug-likeness (QED) is 0.906. The number of rotatable bonds is 4. The van der Waals surface area contributed by atoms with Gasteiger partial charge in [0, 0.05) is 17.5 Å². The van der Waals surface area contributed by atoms with Crippen molar-refractivity contribution in [2.75, 3.05) is 13.1 Å². The molecule has 2 heterocycles. The third kappa shape index (κ3) is 3.61. The summed E-state index contributed by atoms with van der Waals surface area (Å²) < 4.78 is 50.6. The molecule has 0 bridgehead atoms. The Morgan fingerprint density at radius 2 is 2.22 bits per heavy atom. The minimum absolute atomic E-state index is 0.000110. The van der Waals surface area contributed by atoms with Crippen molar-refractivity contribution < 1.29 is 22.3 Å². The lowest BCUT2D eigenvalue weighted by atomic mass is 10.0. The summed E-state index contributed by atoms with van der Waals surface area (Å²) in [5, 5.41) is 3.16. The Labute approximate surface area is 135 Å². The molecule has 124 valence electrons. The van der Waals surface area contributed by atoms with Crippen molar-refractivity contribution in [3.63, 3.8) is 0 Å². The van der Waals surface area contributed by atoms with Crippen molar-refractivity contribution in [1.82, 2.24) is 10.3 Å². The molecular weight excluding hydrogens is 333 g/mol. The van der Waals surface area contributed by atoms with E-state index in [0.29, 0.717) is 6.54 Å². The molecule has 1 saturated heterocycles. The predicted molar refractivity (Wildman–Crippen MR) is 77.3 cm³/mol. The summed E-state index contributed by atoms with van der Waals surface area (Å²) >= 11 is 5.69. The molecule has 3 rings (SSSR count). The highest BCUT2D eigenvalue weighted by Gasteiger charge is 2.37. The average Bonchev–Trinajstić information content (AvgIpc) is 3.18. The number of hydrogen-bond acceptors (Lipinski definition) is 4. The van der Waals surface area contributed by atoms with E-state index in [9.17, 15) is 13.2 Å². The van der Waals surface area contributed by atoms with Gasteiger partial charge in [-0.05, 0) is 31.2 Å². The minimum atomic E-state index is -4.56. The molecule has 0 aliphatic carbocycles. The molecule has 0 unspecified atom stereocenters. The van der Waals surface area contributed by atoms with Crippen molar-refractivity contribution >= 4 is 11.6 Å². The molecule has 2 atom stereocenters. The minimum Gasteiger partial charge on any atom is -0.480 e. The standard InChI is InChI=1S/C15H14ClF3N2O2/c16-10-1-2-12(11(7-10)15(17,18)19)23-13(9-3-4-20-8-9)14-21-5-6-22-14/h1-2,5-7,9,13,20H,3-4,8H2/t9-,13+/m0/s1. The zero-order valence-electron chi connectivity index (χ0n) is 11.9. The topological polar surface area (TPSA) is 47.3 Å². The van der Waals surface area contributed by atoms with Crippen molar-refractivity contribution in [1.29, 1.82) is 0 Å². The van der Waals surface area contributed by atoms with E-state index in [2.05, 4.69) is 10.3 Å². The van der Waals surface area contributed by atoms with Crippen LogP contribution in [-0.4, -0.2) is 18.1 Å². The number of alkyl halides is 3. The Hall–Kier alpha value is -1.73. The number of aromatic nitrogens is 1. The maximum Gasteiger partial charge on any atom is 0.420 e. The monoisotopic (exact) mass is 346 g/mol. The zero-order chi connectivity index (χ0) is 16.4. The molecule has 0 amide bonds. The van der Waals surface area contributed by atoms with Gasteiger partial charge in [-0.15, -0.1) is 0 Å². The molecule has 1 aliphatic heterocycles. The highest BCUT2D eigenvalue weighted by Crippen LogP contribution is 2.41. The highest BCUT2D eigenvalue weighted by atomic mass is 35.5. The molecule has 8 heteroatoms. The number of nitrogens with one attached hydrogen (secondary N) is 1. The van der Waals surface area contributed by atoms with Crippen molar-refractivity contribution in [2.45, 2.75) is 18.7 Å². The Morgan fingerprint density at radius 3 is 2.83 bits per heavy atom. The van der Waals surface area contributed by atoms with Crippen LogP contribution < -0.4 is 10.1 Å².